The van der Waals surface area contributed by atoms with Crippen molar-refractivity contribution in [2.45, 2.75) is 23.5 Å². The lowest BCUT2D eigenvalue weighted by Crippen LogP contribution is -2.46. The zero-order valence-electron chi connectivity index (χ0n) is 4.56. The smallest absolute Gasteiger partial charge is 0.207 e. The number of nitrogens with zero attached hydrogens (tertiary/aromatic N) is 1. The van der Waals surface area contributed by atoms with Crippen molar-refractivity contribution in [1.29, 1.82) is 5.26 Å². The molecule has 1 nitrogen and oxygen atoms in total. The minimum absolute atomic E-state index is 0.403. The second-order valence-corrected chi connectivity index (χ2v) is 3.21. The minimum atomic E-state index is -2.64. The van der Waals surface area contributed by atoms with Crippen molar-refractivity contribution in [2.24, 2.45) is 0 Å². The number of rotatable bonds is 0. The van der Waals surface area contributed by atoms with Crippen molar-refractivity contribution in [3.8, 4) is 6.07 Å². The molecule has 1 rings (SSSR count). The van der Waals surface area contributed by atoms with Gasteiger partial charge in [0.2, 0.25) is 0 Å². The average Bonchev–Trinajstić information content (AvgIpc) is 1.61. The summed E-state index contributed by atoms with van der Waals surface area (Å²) >= 11 is 3.75. The molecule has 1 fully saturated rings. The first kappa shape index (κ1) is 6.81. The lowest BCUT2D eigenvalue weighted by atomic mass is 9.81. The van der Waals surface area contributed by atoms with Crippen molar-refractivity contribution in [3.63, 3.8) is 0 Å². The quantitative estimate of drug-likeness (QED) is 0.520. The Morgan fingerprint density at radius 3 is 2.00 bits per heavy atom. The van der Waals surface area contributed by atoms with E-state index in [0.717, 1.165) is 0 Å². The average molecular weight is 149 g/mol. The lowest BCUT2D eigenvalue weighted by Gasteiger charge is -2.38. The van der Waals surface area contributed by atoms with E-state index in [1.807, 2.05) is 0 Å². The maximum absolute atomic E-state index is 12.0. The predicted molar refractivity (Wildman–Crippen MR) is 31.5 cm³/mol. The highest BCUT2D eigenvalue weighted by Gasteiger charge is 2.55. The van der Waals surface area contributed by atoms with Gasteiger partial charge in [-0.3, -0.25) is 0 Å². The maximum atomic E-state index is 12.0. The molecule has 4 heteroatoms. The maximum Gasteiger partial charge on any atom is 0.252 e. The number of hydrogen-bond acceptors (Lipinski definition) is 2. The van der Waals surface area contributed by atoms with Crippen molar-refractivity contribution >= 4 is 12.6 Å². The Kier molecular flexibility index (Phi) is 1.21. The largest absolute Gasteiger partial charge is 0.252 e. The fourth-order valence-electron chi connectivity index (χ4n) is 0.883. The molecule has 0 amide bonds. The normalized spacial score (nSPS) is 28.2. The molecule has 0 aliphatic heterocycles. The standard InChI is InChI=1S/C5H5F2NS/c6-5(7)1-4(9,2-5)3-8/h9H,1-2H2. The van der Waals surface area contributed by atoms with E-state index < -0.39 is 23.5 Å². The van der Waals surface area contributed by atoms with Crippen LogP contribution in [0.25, 0.3) is 0 Å². The van der Waals surface area contributed by atoms with E-state index in [2.05, 4.69) is 12.6 Å². The highest BCUT2D eigenvalue weighted by molar-refractivity contribution is 7.82. The van der Waals surface area contributed by atoms with E-state index in [9.17, 15) is 8.78 Å². The van der Waals surface area contributed by atoms with Crippen LogP contribution in [0.3, 0.4) is 0 Å². The summed E-state index contributed by atoms with van der Waals surface area (Å²) in [6.45, 7) is 0. The third kappa shape index (κ3) is 1.16. The van der Waals surface area contributed by atoms with Gasteiger partial charge in [-0.1, -0.05) is 0 Å². The second-order valence-electron chi connectivity index (χ2n) is 2.35. The van der Waals surface area contributed by atoms with Gasteiger partial charge in [-0.15, -0.1) is 0 Å². The van der Waals surface area contributed by atoms with Crippen LogP contribution in [0.15, 0.2) is 0 Å². The predicted octanol–water partition coefficient (Wildman–Crippen LogP) is 1.61. The summed E-state index contributed by atoms with van der Waals surface area (Å²) in [4.78, 5) is 0. The highest BCUT2D eigenvalue weighted by atomic mass is 32.1. The Labute approximate surface area is 57.1 Å². The van der Waals surface area contributed by atoms with Gasteiger partial charge in [0.05, 0.1) is 6.07 Å². The highest BCUT2D eigenvalue weighted by Crippen LogP contribution is 2.48. The molecule has 0 N–H and O–H groups in total. The molecular weight excluding hydrogens is 144 g/mol. The summed E-state index contributed by atoms with van der Waals surface area (Å²) in [7, 11) is 0. The summed E-state index contributed by atoms with van der Waals surface area (Å²) in [6.07, 6.45) is -0.806. The minimum Gasteiger partial charge on any atom is -0.207 e. The van der Waals surface area contributed by atoms with Gasteiger partial charge in [0, 0.05) is 12.8 Å². The number of halogens is 2. The molecule has 1 aliphatic rings. The Morgan fingerprint density at radius 1 is 1.44 bits per heavy atom. The van der Waals surface area contributed by atoms with Gasteiger partial charge < -0.3 is 0 Å². The van der Waals surface area contributed by atoms with Crippen LogP contribution in [0, 0.1) is 11.3 Å². The van der Waals surface area contributed by atoms with Crippen molar-refractivity contribution in [3.05, 3.63) is 0 Å². The SMILES string of the molecule is N#CC1(S)CC(F)(F)C1. The molecule has 0 bridgehead atoms. The number of hydrogen-bond donors (Lipinski definition) is 1. The molecule has 0 aromatic carbocycles. The first-order valence-electron chi connectivity index (χ1n) is 2.49. The van der Waals surface area contributed by atoms with Crippen LogP contribution < -0.4 is 0 Å². The number of nitriles is 1. The summed E-state index contributed by atoms with van der Waals surface area (Å²) < 4.78 is 23.0. The summed E-state index contributed by atoms with van der Waals surface area (Å²) in [5.41, 5.74) is 0. The van der Waals surface area contributed by atoms with Crippen molar-refractivity contribution in [2.75, 3.05) is 0 Å². The molecule has 0 aromatic heterocycles. The van der Waals surface area contributed by atoms with Crippen molar-refractivity contribution < 1.29 is 8.78 Å². The van der Waals surface area contributed by atoms with Gasteiger partial charge in [-0.05, 0) is 0 Å². The summed E-state index contributed by atoms with van der Waals surface area (Å²) in [5, 5.41) is 8.22. The van der Waals surface area contributed by atoms with E-state index in [0.29, 0.717) is 0 Å². The fourth-order valence-corrected chi connectivity index (χ4v) is 1.35. The van der Waals surface area contributed by atoms with Crippen LogP contribution in [-0.2, 0) is 0 Å². The van der Waals surface area contributed by atoms with Crippen LogP contribution in [0.1, 0.15) is 12.8 Å². The van der Waals surface area contributed by atoms with E-state index in [4.69, 9.17) is 5.26 Å². The van der Waals surface area contributed by atoms with Crippen LogP contribution >= 0.6 is 12.6 Å². The van der Waals surface area contributed by atoms with Gasteiger partial charge in [-0.25, -0.2) is 8.78 Å². The first-order chi connectivity index (χ1) is 3.97. The molecule has 0 saturated heterocycles. The Balaban J connectivity index is 2.54. The third-order valence-electron chi connectivity index (χ3n) is 1.31. The molecule has 1 saturated carbocycles. The van der Waals surface area contributed by atoms with Gasteiger partial charge in [0.25, 0.3) is 5.92 Å². The zero-order valence-corrected chi connectivity index (χ0v) is 5.46. The fraction of sp³-hybridized carbons (Fsp3) is 0.800. The van der Waals surface area contributed by atoms with Gasteiger partial charge in [0.15, 0.2) is 0 Å². The second kappa shape index (κ2) is 1.60. The van der Waals surface area contributed by atoms with E-state index in [1.54, 1.807) is 6.07 Å². The zero-order chi connectivity index (χ0) is 7.12. The van der Waals surface area contributed by atoms with Gasteiger partial charge in [-0.2, -0.15) is 17.9 Å². The summed E-state index contributed by atoms with van der Waals surface area (Å²) in [5.74, 6) is -2.64. The molecule has 0 atom stereocenters. The van der Waals surface area contributed by atoms with Gasteiger partial charge >= 0.3 is 0 Å². The number of thiol groups is 1. The molecule has 0 radical (unpaired) electrons. The van der Waals surface area contributed by atoms with E-state index in [1.165, 1.54) is 0 Å². The molecule has 0 aromatic rings. The first-order valence-corrected chi connectivity index (χ1v) is 2.94. The lowest BCUT2D eigenvalue weighted by molar-refractivity contribution is -0.0818. The molecule has 1 aliphatic carbocycles. The molecule has 0 unspecified atom stereocenters. The van der Waals surface area contributed by atoms with Gasteiger partial charge in [0.1, 0.15) is 4.75 Å². The Morgan fingerprint density at radius 2 is 1.89 bits per heavy atom. The van der Waals surface area contributed by atoms with Crippen LogP contribution in [0.4, 0.5) is 8.78 Å². The topological polar surface area (TPSA) is 23.8 Å². The monoisotopic (exact) mass is 149 g/mol. The molecule has 50 valence electrons. The molecule has 0 heterocycles. The molecule has 0 spiro atoms. The van der Waals surface area contributed by atoms with E-state index in [-0.39, 0.29) is 0 Å². The van der Waals surface area contributed by atoms with Crippen molar-refractivity contribution in [1.82, 2.24) is 0 Å². The van der Waals surface area contributed by atoms with E-state index >= 15 is 0 Å². The Bertz CT molecular complexity index is 164. The molecular formula is C5H5F2NS. The number of alkyl halides is 2. The van der Waals surface area contributed by atoms with Crippen LogP contribution in [0.5, 0.6) is 0 Å². The van der Waals surface area contributed by atoms with Crippen LogP contribution in [0.2, 0.25) is 0 Å². The Hall–Kier alpha value is -0.300. The summed E-state index contributed by atoms with van der Waals surface area (Å²) in [6, 6.07) is 1.72. The molecule has 9 heavy (non-hydrogen) atoms. The van der Waals surface area contributed by atoms with Crippen LogP contribution in [-0.4, -0.2) is 10.7 Å². The third-order valence-corrected chi connectivity index (χ3v) is 1.73.